The third-order valence-electron chi connectivity index (χ3n) is 24.1. The molecule has 5 unspecified atom stereocenters. The Kier molecular flexibility index (Phi) is 26.3. The number of allylic oxidation sites excluding steroid dienone is 7. The SMILES string of the molecule is CCCCCCOC(C)c1c(C)c2cc3nc(c4c5[n-]c(cc6nc(cc1[n-]2)C(C)C6CC)c(C)c5C(=O)C4)C(CCC(=O)[N-]c1ccc(SC2=C(/C=C/C4=[N+](CCCCS(=O)(=O)[O-])c5ccc6ccccc6c5C4(C)C)CCC/C2=C\C=C2\N(CCCCS(=O)(=O)[O-])c4ccc5ccccc5c4C2(C)C)cc1)C3C.[Ga+3].[Na+]. The van der Waals surface area contributed by atoms with Crippen LogP contribution in [0.2, 0.25) is 0 Å². The van der Waals surface area contributed by atoms with Gasteiger partial charge in [-0.15, -0.1) is 27.8 Å². The molecule has 0 radical (unpaired) electrons. The van der Waals surface area contributed by atoms with Gasteiger partial charge in [-0.25, -0.2) is 16.8 Å². The van der Waals surface area contributed by atoms with Crippen molar-refractivity contribution in [3.05, 3.63) is 228 Å². The molecule has 8 aromatic rings. The number of unbranched alkanes of at least 4 members (excludes halogenated alkanes) is 5. The topological polar surface area (TPSA) is 232 Å². The van der Waals surface area contributed by atoms with Gasteiger partial charge in [0.1, 0.15) is 6.54 Å². The normalized spacial score (nSPS) is 19.5. The number of carbonyl (C=O) groups excluding carboxylic acids is 2. The summed E-state index contributed by atoms with van der Waals surface area (Å²) >= 11 is 1.67. The summed E-state index contributed by atoms with van der Waals surface area (Å²) in [6.07, 6.45) is 18.8. The number of carbonyl (C=O) groups is 2. The van der Waals surface area contributed by atoms with E-state index in [0.29, 0.717) is 55.7 Å². The summed E-state index contributed by atoms with van der Waals surface area (Å²) in [5.74, 6) is -1.19. The smallest absolute Gasteiger partial charge is 0.748 e. The van der Waals surface area contributed by atoms with Crippen molar-refractivity contribution in [2.75, 3.05) is 36.1 Å². The van der Waals surface area contributed by atoms with Gasteiger partial charge in [0, 0.05) is 134 Å². The van der Waals surface area contributed by atoms with Crippen LogP contribution >= 0.6 is 11.8 Å². The Balaban J connectivity index is 0.00000582. The van der Waals surface area contributed by atoms with Crippen molar-refractivity contribution in [3.63, 3.8) is 0 Å². The van der Waals surface area contributed by atoms with E-state index in [9.17, 15) is 35.5 Å². The number of nitrogens with zero attached hydrogens (tertiary/aromatic N) is 7. The van der Waals surface area contributed by atoms with Crippen LogP contribution in [0.15, 0.2) is 166 Å². The number of fused-ring (bicyclic) bond motifs is 14. The van der Waals surface area contributed by atoms with Crippen LogP contribution in [0.4, 0.5) is 17.1 Å². The Labute approximate surface area is 700 Å². The molecule has 7 heterocycles. The minimum atomic E-state index is -4.39. The van der Waals surface area contributed by atoms with Gasteiger partial charge in [-0.05, 0) is 179 Å². The van der Waals surface area contributed by atoms with Crippen LogP contribution in [0.5, 0.6) is 0 Å². The number of benzene rings is 5. The molecule has 5 aromatic carbocycles. The van der Waals surface area contributed by atoms with Crippen molar-refractivity contribution in [1.29, 1.82) is 0 Å². The van der Waals surface area contributed by atoms with Gasteiger partial charge in [0.15, 0.2) is 11.5 Å². The molecule has 21 heteroatoms. The number of aryl methyl sites for hydroxylation is 2. The first-order chi connectivity index (χ1) is 52.6. The third kappa shape index (κ3) is 17.3. The molecular formula is C91H101GaN7NaO9S3. The van der Waals surface area contributed by atoms with Crippen molar-refractivity contribution < 1.29 is 74.4 Å². The zero-order valence-electron chi connectivity index (χ0n) is 66.9. The average molecular weight is 1630 g/mol. The number of Topliss-reactive ketones (excluding diaryl/α,β-unsaturated/α-hetero) is 1. The monoisotopic (exact) mass is 1620 g/mol. The number of anilines is 1. The van der Waals surface area contributed by atoms with Crippen LogP contribution in [0.1, 0.15) is 248 Å². The number of hydrogen-bond acceptors (Lipinski definition) is 13. The Bertz CT molecular complexity index is 5580. The van der Waals surface area contributed by atoms with E-state index in [1.54, 1.807) is 11.8 Å². The molecule has 4 aliphatic heterocycles. The molecule has 3 aromatic heterocycles. The van der Waals surface area contributed by atoms with E-state index in [1.807, 2.05) is 43.3 Å². The van der Waals surface area contributed by atoms with E-state index in [1.165, 1.54) is 17.5 Å². The number of aromatic nitrogens is 4. The van der Waals surface area contributed by atoms with Gasteiger partial charge in [-0.2, -0.15) is 4.58 Å². The molecule has 14 rings (SSSR count). The maximum absolute atomic E-state index is 14.5. The van der Waals surface area contributed by atoms with Gasteiger partial charge in [0.05, 0.1) is 37.7 Å². The van der Waals surface area contributed by atoms with Crippen LogP contribution < -0.4 is 44.4 Å². The molecule has 2 aliphatic carbocycles. The maximum Gasteiger partial charge on any atom is 3.00 e. The van der Waals surface area contributed by atoms with Crippen LogP contribution in [0.25, 0.3) is 48.9 Å². The number of amides is 1. The van der Waals surface area contributed by atoms with Crippen molar-refractivity contribution in [3.8, 4) is 0 Å². The molecule has 576 valence electrons. The minimum absolute atomic E-state index is 0. The molecule has 0 N–H and O–H groups in total. The van der Waals surface area contributed by atoms with Gasteiger partial charge >= 0.3 is 49.3 Å². The fourth-order valence-corrected chi connectivity index (χ4v) is 20.5. The second-order valence-electron chi connectivity index (χ2n) is 32.1. The fraction of sp³-hybridized carbons (Fsp3) is 0.418. The van der Waals surface area contributed by atoms with Gasteiger partial charge in [0.25, 0.3) is 0 Å². The van der Waals surface area contributed by atoms with E-state index in [-0.39, 0.29) is 116 Å². The molecule has 1 amide bonds. The van der Waals surface area contributed by atoms with Crippen LogP contribution in [-0.2, 0) is 47.0 Å². The Morgan fingerprint density at radius 1 is 0.732 bits per heavy atom. The molecule has 0 spiro atoms. The molecule has 16 nitrogen and oxygen atoms in total. The summed E-state index contributed by atoms with van der Waals surface area (Å²) in [4.78, 5) is 54.7. The van der Waals surface area contributed by atoms with Crippen LogP contribution in [0.3, 0.4) is 0 Å². The van der Waals surface area contributed by atoms with E-state index in [4.69, 9.17) is 30.0 Å². The third-order valence-corrected chi connectivity index (χ3v) is 26.9. The number of ketones is 1. The van der Waals surface area contributed by atoms with E-state index in [2.05, 4.69) is 182 Å². The molecule has 0 saturated carbocycles. The summed E-state index contributed by atoms with van der Waals surface area (Å²) in [5.41, 5.74) is 19.5. The van der Waals surface area contributed by atoms with Crippen LogP contribution in [0, 0.1) is 13.8 Å². The van der Waals surface area contributed by atoms with Crippen molar-refractivity contribution >= 4 is 130 Å². The van der Waals surface area contributed by atoms with Gasteiger partial charge < -0.3 is 38.8 Å². The standard InChI is InChI=1S/C91H105N7O9S3.Ga.Na/c1-12-14-15-22-48-107-59(7)83-57(5)73-52-72-56(4)67(87(95-72)70-51-79(99)84-58(6)74(96-88(70)84)53-75-66(13-2)55(3)71(93-75)54-76(83)94-73)40-45-82(100)92-64-36-38-65(39-37-64)108-89-62(34-43-80-90(8,9)85-68-30-18-16-26-60(68)32-41-77(85)97(80)46-20-23-49-109(101,102)103)28-25-29-63(89)35-44-81-91(10,11)86-69-31-19-17-27-61(69)33-42-78(86)98(81)47-21-24-50-110(104,105)106;;/h16-19,26-27,30-39,41-44,52-56,59,66-67H,12-15,20-25,28-29,40,45-51H2,1-11H3,(H4-,92,93,94,95,96,99,100,101,102,103,104,105,106);;/q;+3;+1/p-4. The summed E-state index contributed by atoms with van der Waals surface area (Å²) in [7, 11) is -8.79. The van der Waals surface area contributed by atoms with Crippen molar-refractivity contribution in [2.24, 2.45) is 0 Å². The number of hydrogen-bond donors (Lipinski definition) is 0. The number of rotatable bonds is 27. The molecule has 8 bridgehead atoms. The Hall–Kier alpha value is -6.92. The molecule has 0 saturated heterocycles. The van der Waals surface area contributed by atoms with Crippen molar-refractivity contribution in [2.45, 2.75) is 218 Å². The Morgan fingerprint density at radius 3 is 2.09 bits per heavy atom. The summed E-state index contributed by atoms with van der Waals surface area (Å²) in [6.45, 7) is 25.7. The van der Waals surface area contributed by atoms with Gasteiger partial charge in [-0.1, -0.05) is 181 Å². The van der Waals surface area contributed by atoms with Crippen molar-refractivity contribution in [1.82, 2.24) is 19.9 Å². The largest absolute Gasteiger partial charge is 3.00 e. The number of ether oxygens (including phenoxy) is 1. The molecular weight excluding hydrogens is 1520 g/mol. The first kappa shape index (κ1) is 84.5. The first-order valence-electron chi connectivity index (χ1n) is 39.6. The minimum Gasteiger partial charge on any atom is -0.748 e. The quantitative estimate of drug-likeness (QED) is 0.0202. The maximum atomic E-state index is 14.5. The van der Waals surface area contributed by atoms with Gasteiger partial charge in [0.2, 0.25) is 5.69 Å². The first-order valence-corrected chi connectivity index (χ1v) is 43.6. The average Bonchev–Trinajstić information content (AvgIpc) is 1.58. The Morgan fingerprint density at radius 2 is 1.38 bits per heavy atom. The van der Waals surface area contributed by atoms with Gasteiger partial charge in [-0.3, -0.25) is 14.8 Å². The molecule has 112 heavy (non-hydrogen) atoms. The number of thioether (sulfide) groups is 1. The molecule has 6 aliphatic rings. The predicted molar refractivity (Wildman–Crippen MR) is 448 cm³/mol. The molecule has 5 atom stereocenters. The summed E-state index contributed by atoms with van der Waals surface area (Å²) < 4.78 is 80.1. The van der Waals surface area contributed by atoms with E-state index >= 15 is 0 Å². The van der Waals surface area contributed by atoms with E-state index < -0.39 is 42.6 Å². The zero-order chi connectivity index (χ0) is 77.7. The second kappa shape index (κ2) is 34.9. The van der Waals surface area contributed by atoms with Crippen LogP contribution in [-0.4, -0.2) is 109 Å². The summed E-state index contributed by atoms with van der Waals surface area (Å²) in [5, 5.41) is 9.30. The predicted octanol–water partition coefficient (Wildman–Crippen LogP) is 17.1. The second-order valence-corrected chi connectivity index (χ2v) is 36.2. The fourth-order valence-electron chi connectivity index (χ4n) is 18.3. The van der Waals surface area contributed by atoms with E-state index in [0.717, 1.165) is 172 Å². The molecule has 0 fully saturated rings. The zero-order valence-corrected chi connectivity index (χ0v) is 73.8. The summed E-state index contributed by atoms with van der Waals surface area (Å²) in [6, 6.07) is 39.6.